The van der Waals surface area contributed by atoms with Gasteiger partial charge in [-0.1, -0.05) is 50.1 Å². The van der Waals surface area contributed by atoms with E-state index in [9.17, 15) is 14.7 Å². The summed E-state index contributed by atoms with van der Waals surface area (Å²) in [5, 5.41) is 13.2. The number of esters is 1. The van der Waals surface area contributed by atoms with Crippen LogP contribution in [0.1, 0.15) is 110 Å². The average molecular weight is 592 g/mol. The topological polar surface area (TPSA) is 84.9 Å². The lowest BCUT2D eigenvalue weighted by atomic mass is 9.49. The molecule has 3 fully saturated rings. The van der Waals surface area contributed by atoms with Crippen LogP contribution in [-0.2, 0) is 14.3 Å². The van der Waals surface area contributed by atoms with Crippen LogP contribution in [-0.4, -0.2) is 37.3 Å². The van der Waals surface area contributed by atoms with Gasteiger partial charge in [-0.15, -0.1) is 0 Å². The van der Waals surface area contributed by atoms with Gasteiger partial charge in [-0.3, -0.25) is 4.79 Å². The molecule has 2 N–H and O–H groups in total. The van der Waals surface area contributed by atoms with Crippen molar-refractivity contribution in [3.63, 3.8) is 0 Å². The number of rotatable bonds is 9. The summed E-state index contributed by atoms with van der Waals surface area (Å²) >= 11 is 0. The van der Waals surface area contributed by atoms with Crippen molar-refractivity contribution >= 4 is 11.9 Å². The predicted molar refractivity (Wildman–Crippen MR) is 169 cm³/mol. The van der Waals surface area contributed by atoms with Crippen molar-refractivity contribution in [2.75, 3.05) is 14.2 Å². The molecule has 0 saturated heterocycles. The molecule has 43 heavy (non-hydrogen) atoms. The Kier molecular flexibility index (Phi) is 9.46. The molecule has 6 heteroatoms. The molecular weight excluding hydrogens is 538 g/mol. The Bertz CT molecular complexity index is 1250. The van der Waals surface area contributed by atoms with Crippen molar-refractivity contribution in [3.8, 4) is 5.75 Å². The largest absolute Gasteiger partial charge is 0.497 e. The first-order chi connectivity index (χ1) is 20.5. The number of allylic oxidation sites excluding steroid dienone is 3. The minimum absolute atomic E-state index is 0.0932. The number of aliphatic hydroxyl groups excluding tert-OH is 1. The molecule has 1 aromatic rings. The molecule has 5 rings (SSSR count). The molecule has 3 saturated carbocycles. The number of methoxy groups -OCH3 is 2. The molecule has 4 aliphatic rings. The second kappa shape index (κ2) is 12.8. The zero-order chi connectivity index (χ0) is 30.9. The Morgan fingerprint density at radius 3 is 2.51 bits per heavy atom. The number of carbonyl (C=O) groups is 2. The number of benzene rings is 1. The maximum Gasteiger partial charge on any atom is 0.333 e. The van der Waals surface area contributed by atoms with Crippen molar-refractivity contribution in [1.82, 2.24) is 5.32 Å². The Balaban J connectivity index is 1.21. The molecule has 0 aliphatic heterocycles. The molecule has 1 unspecified atom stereocenters. The van der Waals surface area contributed by atoms with Crippen LogP contribution in [0, 0.1) is 34.5 Å². The predicted octanol–water partition coefficient (Wildman–Crippen LogP) is 7.47. The van der Waals surface area contributed by atoms with E-state index in [1.807, 2.05) is 18.6 Å². The van der Waals surface area contributed by atoms with Crippen LogP contribution >= 0.6 is 0 Å². The van der Waals surface area contributed by atoms with Gasteiger partial charge in [-0.25, -0.2) is 4.79 Å². The molecule has 0 bridgehead atoms. The van der Waals surface area contributed by atoms with E-state index in [-0.39, 0.29) is 12.0 Å². The molecule has 1 aromatic carbocycles. The first-order valence-corrected chi connectivity index (χ1v) is 16.6. The third-order valence-electron chi connectivity index (χ3n) is 12.3. The zero-order valence-electron chi connectivity index (χ0n) is 27.2. The molecule has 8 atom stereocenters. The van der Waals surface area contributed by atoms with Crippen LogP contribution in [0.4, 0.5) is 0 Å². The first kappa shape index (κ1) is 31.8. The highest BCUT2D eigenvalue weighted by Crippen LogP contribution is 2.65. The van der Waals surface area contributed by atoms with Gasteiger partial charge in [-0.05, 0) is 130 Å². The number of hydrogen-bond donors (Lipinski definition) is 2. The molecule has 236 valence electrons. The van der Waals surface area contributed by atoms with E-state index in [0.717, 1.165) is 25.7 Å². The number of nitrogens with one attached hydrogen (secondary N) is 1. The SMILES string of the molecule is COC(=O)[C@@H](NC(=O)/C(C)=C/CC[C@@H](C)[C@H]1CCC2=C3CCC4C[C@@H](O)CC[C@]4(C)[C@H]3CC[C@@]21C)c1ccc(OC)cc1. The molecule has 0 aromatic heterocycles. The summed E-state index contributed by atoms with van der Waals surface area (Å²) in [6, 6.07) is 6.21. The number of ether oxygens (including phenoxy) is 2. The maximum absolute atomic E-state index is 13.1. The average Bonchev–Trinajstić information content (AvgIpc) is 3.37. The lowest BCUT2D eigenvalue weighted by Gasteiger charge is -2.56. The summed E-state index contributed by atoms with van der Waals surface area (Å²) in [7, 11) is 2.92. The van der Waals surface area contributed by atoms with E-state index in [2.05, 4.69) is 26.1 Å². The summed E-state index contributed by atoms with van der Waals surface area (Å²) in [6.07, 6.45) is 14.6. The Morgan fingerprint density at radius 1 is 1.07 bits per heavy atom. The van der Waals surface area contributed by atoms with Gasteiger partial charge in [0.25, 0.3) is 0 Å². The van der Waals surface area contributed by atoms with Crippen molar-refractivity contribution in [1.29, 1.82) is 0 Å². The fourth-order valence-electron chi connectivity index (χ4n) is 9.71. The molecule has 0 spiro atoms. The molecule has 1 amide bonds. The van der Waals surface area contributed by atoms with E-state index in [1.54, 1.807) is 36.9 Å². The van der Waals surface area contributed by atoms with Crippen molar-refractivity contribution in [2.45, 2.75) is 110 Å². The van der Waals surface area contributed by atoms with Gasteiger partial charge in [-0.2, -0.15) is 0 Å². The monoisotopic (exact) mass is 591 g/mol. The molecule has 4 aliphatic carbocycles. The maximum atomic E-state index is 13.1. The van der Waals surface area contributed by atoms with Crippen LogP contribution in [0.15, 0.2) is 47.1 Å². The van der Waals surface area contributed by atoms with E-state index in [4.69, 9.17) is 9.47 Å². The minimum atomic E-state index is -0.873. The van der Waals surface area contributed by atoms with Crippen LogP contribution in [0.3, 0.4) is 0 Å². The fourth-order valence-corrected chi connectivity index (χ4v) is 9.71. The summed E-state index contributed by atoms with van der Waals surface area (Å²) in [4.78, 5) is 25.6. The summed E-state index contributed by atoms with van der Waals surface area (Å²) < 4.78 is 10.2. The zero-order valence-corrected chi connectivity index (χ0v) is 27.2. The third-order valence-corrected chi connectivity index (χ3v) is 12.3. The van der Waals surface area contributed by atoms with Gasteiger partial charge in [0.05, 0.1) is 20.3 Å². The molecule has 0 heterocycles. The molecular formula is C37H53NO5. The number of aliphatic hydroxyl groups is 1. The third kappa shape index (κ3) is 6.06. The Hall–Kier alpha value is -2.60. The van der Waals surface area contributed by atoms with Crippen LogP contribution in [0.25, 0.3) is 0 Å². The van der Waals surface area contributed by atoms with Gasteiger partial charge in [0.15, 0.2) is 6.04 Å². The lowest BCUT2D eigenvalue weighted by molar-refractivity contribution is -0.144. The highest BCUT2D eigenvalue weighted by atomic mass is 16.5. The second-order valence-electron chi connectivity index (χ2n) is 14.5. The number of hydrogen-bond acceptors (Lipinski definition) is 5. The van der Waals surface area contributed by atoms with Crippen molar-refractivity contribution in [2.24, 2.45) is 34.5 Å². The Morgan fingerprint density at radius 2 is 1.81 bits per heavy atom. The minimum Gasteiger partial charge on any atom is -0.497 e. The van der Waals surface area contributed by atoms with E-state index < -0.39 is 12.0 Å². The second-order valence-corrected chi connectivity index (χ2v) is 14.5. The van der Waals surface area contributed by atoms with E-state index in [1.165, 1.54) is 52.1 Å². The summed E-state index contributed by atoms with van der Waals surface area (Å²) in [5.41, 5.74) is 5.55. The first-order valence-electron chi connectivity index (χ1n) is 16.6. The van der Waals surface area contributed by atoms with Gasteiger partial charge < -0.3 is 19.9 Å². The number of fused-ring (bicyclic) bond motifs is 4. The van der Waals surface area contributed by atoms with Gasteiger partial charge >= 0.3 is 5.97 Å². The van der Waals surface area contributed by atoms with Crippen molar-refractivity contribution < 1.29 is 24.2 Å². The standard InChI is InChI=1S/C37H53NO5/c1-23(8-7-9-24(2)34(40)38-33(35(41)43-6)25-10-13-28(42-5)14-11-25)30-16-17-31-29-15-12-26-22-27(39)18-20-36(26,3)32(29)19-21-37(30,31)4/h9-11,13-14,23,26-27,30,32-33,39H,7-8,12,15-22H2,1-6H3,(H,38,40)/b24-9+/t23-,26?,27+,30-,32+,33+,36+,37-/m1/s1. The van der Waals surface area contributed by atoms with Crippen molar-refractivity contribution in [3.05, 3.63) is 52.6 Å². The molecule has 6 nitrogen and oxygen atoms in total. The van der Waals surface area contributed by atoms with Gasteiger partial charge in [0, 0.05) is 5.57 Å². The summed E-state index contributed by atoms with van der Waals surface area (Å²) in [6.45, 7) is 9.33. The number of amides is 1. The number of carbonyl (C=O) groups excluding carboxylic acids is 2. The smallest absolute Gasteiger partial charge is 0.333 e. The fraction of sp³-hybridized carbons (Fsp3) is 0.676. The quantitative estimate of drug-likeness (QED) is 0.177. The van der Waals surface area contributed by atoms with E-state index >= 15 is 0 Å². The van der Waals surface area contributed by atoms with Gasteiger partial charge in [0.1, 0.15) is 5.75 Å². The van der Waals surface area contributed by atoms with Crippen LogP contribution in [0.5, 0.6) is 5.75 Å². The van der Waals surface area contributed by atoms with Crippen LogP contribution in [0.2, 0.25) is 0 Å². The lowest BCUT2D eigenvalue weighted by Crippen LogP contribution is -2.48. The highest BCUT2D eigenvalue weighted by molar-refractivity contribution is 5.95. The normalized spacial score (nSPS) is 33.5. The van der Waals surface area contributed by atoms with Gasteiger partial charge in [0.2, 0.25) is 5.91 Å². The van der Waals surface area contributed by atoms with E-state index in [0.29, 0.717) is 51.4 Å². The van der Waals surface area contributed by atoms with Crippen LogP contribution < -0.4 is 10.1 Å². The summed E-state index contributed by atoms with van der Waals surface area (Å²) in [5.74, 6) is 2.57. The molecule has 0 radical (unpaired) electrons. The Labute approximate surface area is 258 Å². The highest BCUT2D eigenvalue weighted by Gasteiger charge is 2.55.